The summed E-state index contributed by atoms with van der Waals surface area (Å²) in [5.74, 6) is 1.37. The van der Waals surface area contributed by atoms with Gasteiger partial charge in [-0.2, -0.15) is 0 Å². The first-order valence-corrected chi connectivity index (χ1v) is 8.38. The number of ether oxygens (including phenoxy) is 2. The van der Waals surface area contributed by atoms with Crippen molar-refractivity contribution >= 4 is 5.91 Å². The van der Waals surface area contributed by atoms with Crippen LogP contribution in [0.15, 0.2) is 35.3 Å². The summed E-state index contributed by atoms with van der Waals surface area (Å²) in [5, 5.41) is 2.87. The SMILES string of the molecule is CCOc1cc2c(cc1CNC(=O)c1ccc(=O)n(C)c1)OC(C)C2. The summed E-state index contributed by atoms with van der Waals surface area (Å²) >= 11 is 0. The number of hydrogen-bond donors (Lipinski definition) is 1. The Morgan fingerprint density at radius 1 is 1.40 bits per heavy atom. The lowest BCUT2D eigenvalue weighted by Crippen LogP contribution is -2.25. The lowest BCUT2D eigenvalue weighted by molar-refractivity contribution is 0.0949. The molecule has 1 N–H and O–H groups in total. The first-order valence-electron chi connectivity index (χ1n) is 8.38. The van der Waals surface area contributed by atoms with Gasteiger partial charge in [0.2, 0.25) is 5.56 Å². The van der Waals surface area contributed by atoms with Gasteiger partial charge in [0.1, 0.15) is 17.6 Å². The third-order valence-corrected chi connectivity index (χ3v) is 4.17. The lowest BCUT2D eigenvalue weighted by Gasteiger charge is -2.13. The van der Waals surface area contributed by atoms with E-state index < -0.39 is 0 Å². The number of amides is 1. The molecule has 25 heavy (non-hydrogen) atoms. The molecule has 6 heteroatoms. The average Bonchev–Trinajstić information content (AvgIpc) is 2.94. The van der Waals surface area contributed by atoms with Gasteiger partial charge in [-0.05, 0) is 32.0 Å². The second-order valence-corrected chi connectivity index (χ2v) is 6.18. The highest BCUT2D eigenvalue weighted by atomic mass is 16.5. The van der Waals surface area contributed by atoms with Gasteiger partial charge in [0, 0.05) is 43.4 Å². The van der Waals surface area contributed by atoms with Gasteiger partial charge in [-0.25, -0.2) is 0 Å². The quantitative estimate of drug-likeness (QED) is 0.903. The van der Waals surface area contributed by atoms with E-state index in [1.165, 1.54) is 22.9 Å². The van der Waals surface area contributed by atoms with E-state index in [-0.39, 0.29) is 17.6 Å². The molecular weight excluding hydrogens is 320 g/mol. The van der Waals surface area contributed by atoms with Crippen LogP contribution in [0.25, 0.3) is 0 Å². The first-order chi connectivity index (χ1) is 12.0. The number of carbonyl (C=O) groups excluding carboxylic acids is 1. The van der Waals surface area contributed by atoms with Crippen LogP contribution in [0.1, 0.15) is 35.3 Å². The van der Waals surface area contributed by atoms with E-state index >= 15 is 0 Å². The molecular formula is C19H22N2O4. The topological polar surface area (TPSA) is 69.6 Å². The van der Waals surface area contributed by atoms with Crippen LogP contribution in [0.4, 0.5) is 0 Å². The number of aryl methyl sites for hydroxylation is 1. The molecule has 1 aliphatic heterocycles. The molecule has 1 amide bonds. The fourth-order valence-electron chi connectivity index (χ4n) is 2.92. The number of carbonyl (C=O) groups is 1. The van der Waals surface area contributed by atoms with Crippen molar-refractivity contribution in [3.05, 3.63) is 57.5 Å². The number of hydrogen-bond acceptors (Lipinski definition) is 4. The highest BCUT2D eigenvalue weighted by molar-refractivity contribution is 5.93. The lowest BCUT2D eigenvalue weighted by atomic mass is 10.1. The predicted octanol–water partition coefficient (Wildman–Crippen LogP) is 2.04. The highest BCUT2D eigenvalue weighted by Crippen LogP contribution is 2.35. The van der Waals surface area contributed by atoms with Gasteiger partial charge in [-0.15, -0.1) is 0 Å². The van der Waals surface area contributed by atoms with Crippen molar-refractivity contribution in [2.24, 2.45) is 7.05 Å². The van der Waals surface area contributed by atoms with Crippen molar-refractivity contribution < 1.29 is 14.3 Å². The highest BCUT2D eigenvalue weighted by Gasteiger charge is 2.22. The number of aromatic nitrogens is 1. The fraction of sp³-hybridized carbons (Fsp3) is 0.368. The average molecular weight is 342 g/mol. The van der Waals surface area contributed by atoms with Crippen molar-refractivity contribution in [1.29, 1.82) is 0 Å². The molecule has 132 valence electrons. The smallest absolute Gasteiger partial charge is 0.253 e. The Kier molecular flexibility index (Phi) is 4.79. The van der Waals surface area contributed by atoms with Gasteiger partial charge in [0.25, 0.3) is 5.91 Å². The van der Waals surface area contributed by atoms with Crippen molar-refractivity contribution in [2.75, 3.05) is 6.61 Å². The van der Waals surface area contributed by atoms with Crippen LogP contribution in [-0.4, -0.2) is 23.2 Å². The molecule has 1 aromatic heterocycles. The molecule has 2 aromatic rings. The Morgan fingerprint density at radius 3 is 2.92 bits per heavy atom. The molecule has 1 unspecified atom stereocenters. The minimum Gasteiger partial charge on any atom is -0.494 e. The third-order valence-electron chi connectivity index (χ3n) is 4.17. The molecule has 3 rings (SSSR count). The van der Waals surface area contributed by atoms with Crippen molar-refractivity contribution in [1.82, 2.24) is 9.88 Å². The fourth-order valence-corrected chi connectivity index (χ4v) is 2.92. The molecule has 0 fully saturated rings. The molecule has 2 heterocycles. The van der Waals surface area contributed by atoms with Crippen molar-refractivity contribution in [3.63, 3.8) is 0 Å². The largest absolute Gasteiger partial charge is 0.494 e. The molecule has 1 aliphatic rings. The molecule has 0 radical (unpaired) electrons. The number of rotatable bonds is 5. The third kappa shape index (κ3) is 3.68. The number of pyridine rings is 1. The molecule has 0 spiro atoms. The van der Waals surface area contributed by atoms with Crippen molar-refractivity contribution in [3.8, 4) is 11.5 Å². The Hall–Kier alpha value is -2.76. The normalized spacial score (nSPS) is 15.4. The van der Waals surface area contributed by atoms with Crippen LogP contribution >= 0.6 is 0 Å². The number of benzene rings is 1. The minimum atomic E-state index is -0.243. The summed E-state index contributed by atoms with van der Waals surface area (Å²) < 4.78 is 12.9. The van der Waals surface area contributed by atoms with Crippen LogP contribution in [0.5, 0.6) is 11.5 Å². The zero-order chi connectivity index (χ0) is 18.0. The van der Waals surface area contributed by atoms with Crippen LogP contribution in [0.2, 0.25) is 0 Å². The van der Waals surface area contributed by atoms with Gasteiger partial charge in [-0.1, -0.05) is 0 Å². The Morgan fingerprint density at radius 2 is 2.20 bits per heavy atom. The van der Waals surface area contributed by atoms with E-state index in [0.29, 0.717) is 18.7 Å². The van der Waals surface area contributed by atoms with E-state index in [2.05, 4.69) is 5.32 Å². The molecule has 0 saturated heterocycles. The molecule has 0 bridgehead atoms. The molecule has 1 aromatic carbocycles. The summed E-state index contributed by atoms with van der Waals surface area (Å²) in [6.07, 6.45) is 2.54. The maximum Gasteiger partial charge on any atom is 0.253 e. The number of fused-ring (bicyclic) bond motifs is 1. The van der Waals surface area contributed by atoms with E-state index in [1.807, 2.05) is 26.0 Å². The maximum atomic E-state index is 12.3. The van der Waals surface area contributed by atoms with Gasteiger partial charge in [0.05, 0.1) is 12.2 Å². The summed E-state index contributed by atoms with van der Waals surface area (Å²) in [6, 6.07) is 6.83. The Labute approximate surface area is 146 Å². The van der Waals surface area contributed by atoms with Gasteiger partial charge >= 0.3 is 0 Å². The summed E-state index contributed by atoms with van der Waals surface area (Å²) in [5.41, 5.74) is 2.28. The molecule has 0 saturated carbocycles. The Balaban J connectivity index is 1.78. The van der Waals surface area contributed by atoms with Gasteiger partial charge in [0.15, 0.2) is 0 Å². The van der Waals surface area contributed by atoms with Crippen LogP contribution in [-0.2, 0) is 20.0 Å². The standard InChI is InChI=1S/C19H22N2O4/c1-4-24-16-8-14-7-12(2)25-17(14)9-15(16)10-20-19(23)13-5-6-18(22)21(3)11-13/h5-6,8-9,11-12H,4,7,10H2,1-3H3,(H,20,23). The first kappa shape index (κ1) is 17.1. The maximum absolute atomic E-state index is 12.3. The predicted molar refractivity (Wildman–Crippen MR) is 94.3 cm³/mol. The summed E-state index contributed by atoms with van der Waals surface area (Å²) in [6.45, 7) is 4.83. The van der Waals surface area contributed by atoms with Crippen molar-refractivity contribution in [2.45, 2.75) is 32.9 Å². The van der Waals surface area contributed by atoms with E-state index in [9.17, 15) is 9.59 Å². The van der Waals surface area contributed by atoms with E-state index in [0.717, 1.165) is 29.0 Å². The summed E-state index contributed by atoms with van der Waals surface area (Å²) in [7, 11) is 1.62. The zero-order valence-electron chi connectivity index (χ0n) is 14.7. The van der Waals surface area contributed by atoms with Crippen LogP contribution in [0.3, 0.4) is 0 Å². The number of nitrogens with one attached hydrogen (secondary N) is 1. The second-order valence-electron chi connectivity index (χ2n) is 6.18. The Bertz CT molecular complexity index is 857. The number of nitrogens with zero attached hydrogens (tertiary/aromatic N) is 1. The molecule has 1 atom stereocenters. The summed E-state index contributed by atoms with van der Waals surface area (Å²) in [4.78, 5) is 23.8. The van der Waals surface area contributed by atoms with Gasteiger partial charge < -0.3 is 19.4 Å². The molecule has 6 nitrogen and oxygen atoms in total. The molecule has 0 aliphatic carbocycles. The monoisotopic (exact) mass is 342 g/mol. The van der Waals surface area contributed by atoms with Crippen LogP contribution in [0, 0.1) is 0 Å². The minimum absolute atomic E-state index is 0.153. The van der Waals surface area contributed by atoms with E-state index in [1.54, 1.807) is 7.05 Å². The van der Waals surface area contributed by atoms with Gasteiger partial charge in [-0.3, -0.25) is 9.59 Å². The van der Waals surface area contributed by atoms with Crippen LogP contribution < -0.4 is 20.3 Å². The van der Waals surface area contributed by atoms with E-state index in [4.69, 9.17) is 9.47 Å². The second kappa shape index (κ2) is 7.01. The zero-order valence-corrected chi connectivity index (χ0v) is 14.7.